The number of hydrogen-bond acceptors (Lipinski definition) is 3. The summed E-state index contributed by atoms with van der Waals surface area (Å²) < 4.78 is 0. The lowest BCUT2D eigenvalue weighted by molar-refractivity contribution is -0.121. The molecule has 0 saturated carbocycles. The third-order valence-electron chi connectivity index (χ3n) is 4.34. The van der Waals surface area contributed by atoms with Gasteiger partial charge in [0.1, 0.15) is 0 Å². The molecule has 0 saturated heterocycles. The van der Waals surface area contributed by atoms with Crippen LogP contribution in [-0.4, -0.2) is 51.1 Å². The first kappa shape index (κ1) is 23.4. The number of carbonyl (C=O) groups excluding carboxylic acids is 1. The zero-order chi connectivity index (χ0) is 17.9. The van der Waals surface area contributed by atoms with E-state index in [0.29, 0.717) is 6.42 Å². The molecule has 24 heavy (non-hydrogen) atoms. The summed E-state index contributed by atoms with van der Waals surface area (Å²) in [6.07, 6.45) is 15.3. The van der Waals surface area contributed by atoms with Crippen molar-refractivity contribution in [3.05, 3.63) is 0 Å². The Hall–Kier alpha value is -0.610. The van der Waals surface area contributed by atoms with Crippen LogP contribution in [0.3, 0.4) is 0 Å². The molecule has 0 heterocycles. The van der Waals surface area contributed by atoms with E-state index >= 15 is 0 Å². The summed E-state index contributed by atoms with van der Waals surface area (Å²) in [6, 6.07) is 0. The molecule has 0 radical (unpaired) electrons. The van der Waals surface area contributed by atoms with Crippen molar-refractivity contribution in [1.29, 1.82) is 0 Å². The number of carbonyl (C=O) groups is 1. The maximum atomic E-state index is 11.6. The van der Waals surface area contributed by atoms with Crippen LogP contribution in [0.5, 0.6) is 0 Å². The molecule has 0 spiro atoms. The molecule has 0 rings (SSSR count). The molecule has 0 fully saturated rings. The quantitative estimate of drug-likeness (QED) is 0.371. The Labute approximate surface area is 151 Å². The van der Waals surface area contributed by atoms with Crippen molar-refractivity contribution in [2.24, 2.45) is 0 Å². The monoisotopic (exact) mass is 341 g/mol. The standard InChI is InChI=1S/C20H43N3O/c1-4-5-6-7-8-9-10-11-12-13-16-21-18-15-20(24)22-17-14-19-23(2)3/h21H,4-19H2,1-3H3,(H,22,24). The number of amides is 1. The van der Waals surface area contributed by atoms with Gasteiger partial charge in [-0.3, -0.25) is 4.79 Å². The van der Waals surface area contributed by atoms with E-state index in [1.807, 2.05) is 0 Å². The Balaban J connectivity index is 3.12. The van der Waals surface area contributed by atoms with Gasteiger partial charge in [-0.2, -0.15) is 0 Å². The molecular weight excluding hydrogens is 298 g/mol. The molecule has 0 aliphatic carbocycles. The van der Waals surface area contributed by atoms with Crippen LogP contribution in [0, 0.1) is 0 Å². The predicted molar refractivity (Wildman–Crippen MR) is 106 cm³/mol. The second kappa shape index (κ2) is 18.7. The molecular formula is C20H43N3O. The molecule has 0 atom stereocenters. The van der Waals surface area contributed by atoms with Crippen molar-refractivity contribution in [3.8, 4) is 0 Å². The summed E-state index contributed by atoms with van der Waals surface area (Å²) in [7, 11) is 4.11. The van der Waals surface area contributed by atoms with E-state index in [-0.39, 0.29) is 5.91 Å². The van der Waals surface area contributed by atoms with Gasteiger partial charge in [-0.25, -0.2) is 0 Å². The van der Waals surface area contributed by atoms with E-state index < -0.39 is 0 Å². The maximum absolute atomic E-state index is 11.6. The Morgan fingerprint density at radius 1 is 0.750 bits per heavy atom. The Kier molecular flexibility index (Phi) is 18.2. The summed E-state index contributed by atoms with van der Waals surface area (Å²) in [6.45, 7) is 5.93. The van der Waals surface area contributed by atoms with Gasteiger partial charge in [0, 0.05) is 19.5 Å². The van der Waals surface area contributed by atoms with Gasteiger partial charge in [0.15, 0.2) is 0 Å². The van der Waals surface area contributed by atoms with E-state index in [2.05, 4.69) is 36.6 Å². The van der Waals surface area contributed by atoms with Gasteiger partial charge in [-0.15, -0.1) is 0 Å². The molecule has 144 valence electrons. The van der Waals surface area contributed by atoms with Crippen molar-refractivity contribution in [2.45, 2.75) is 84.0 Å². The van der Waals surface area contributed by atoms with Gasteiger partial charge < -0.3 is 15.5 Å². The molecule has 0 aliphatic heterocycles. The third kappa shape index (κ3) is 19.4. The van der Waals surface area contributed by atoms with E-state index in [0.717, 1.165) is 32.6 Å². The van der Waals surface area contributed by atoms with E-state index in [9.17, 15) is 4.79 Å². The van der Waals surface area contributed by atoms with E-state index in [1.165, 1.54) is 64.2 Å². The summed E-state index contributed by atoms with van der Waals surface area (Å²) >= 11 is 0. The number of nitrogens with zero attached hydrogens (tertiary/aromatic N) is 1. The average molecular weight is 342 g/mol. The fourth-order valence-electron chi connectivity index (χ4n) is 2.78. The fourth-order valence-corrected chi connectivity index (χ4v) is 2.78. The van der Waals surface area contributed by atoms with Crippen LogP contribution in [0.4, 0.5) is 0 Å². The van der Waals surface area contributed by atoms with Gasteiger partial charge in [0.05, 0.1) is 0 Å². The Bertz CT molecular complexity index is 270. The van der Waals surface area contributed by atoms with Crippen LogP contribution in [0.15, 0.2) is 0 Å². The van der Waals surface area contributed by atoms with Crippen molar-refractivity contribution in [2.75, 3.05) is 40.3 Å². The highest BCUT2D eigenvalue weighted by Crippen LogP contribution is 2.10. The predicted octanol–water partition coefficient (Wildman–Crippen LogP) is 3.95. The molecule has 0 aromatic carbocycles. The smallest absolute Gasteiger partial charge is 0.221 e. The van der Waals surface area contributed by atoms with Gasteiger partial charge in [-0.1, -0.05) is 64.7 Å². The summed E-state index contributed by atoms with van der Waals surface area (Å²) in [5.74, 6) is 0.171. The van der Waals surface area contributed by atoms with Crippen LogP contribution >= 0.6 is 0 Å². The minimum atomic E-state index is 0.171. The fraction of sp³-hybridized carbons (Fsp3) is 0.950. The Morgan fingerprint density at radius 2 is 1.33 bits per heavy atom. The summed E-state index contributed by atoms with van der Waals surface area (Å²) in [4.78, 5) is 13.8. The van der Waals surface area contributed by atoms with Crippen molar-refractivity contribution >= 4 is 5.91 Å². The normalized spacial score (nSPS) is 11.2. The first-order valence-corrected chi connectivity index (χ1v) is 10.3. The van der Waals surface area contributed by atoms with Crippen LogP contribution in [0.1, 0.15) is 84.0 Å². The van der Waals surface area contributed by atoms with Gasteiger partial charge >= 0.3 is 0 Å². The molecule has 4 heteroatoms. The zero-order valence-electron chi connectivity index (χ0n) is 16.7. The average Bonchev–Trinajstić information content (AvgIpc) is 2.55. The van der Waals surface area contributed by atoms with Gasteiger partial charge in [-0.05, 0) is 40.0 Å². The number of nitrogens with one attached hydrogen (secondary N) is 2. The lowest BCUT2D eigenvalue weighted by Crippen LogP contribution is -2.30. The number of unbranched alkanes of at least 4 members (excludes halogenated alkanes) is 9. The second-order valence-electron chi connectivity index (χ2n) is 7.19. The maximum Gasteiger partial charge on any atom is 0.221 e. The largest absolute Gasteiger partial charge is 0.356 e. The highest BCUT2D eigenvalue weighted by molar-refractivity contribution is 5.75. The Morgan fingerprint density at radius 3 is 1.92 bits per heavy atom. The topological polar surface area (TPSA) is 44.4 Å². The molecule has 0 aromatic heterocycles. The highest BCUT2D eigenvalue weighted by Gasteiger charge is 2.00. The van der Waals surface area contributed by atoms with Crippen LogP contribution in [0.2, 0.25) is 0 Å². The van der Waals surface area contributed by atoms with Crippen LogP contribution in [-0.2, 0) is 4.79 Å². The molecule has 2 N–H and O–H groups in total. The molecule has 0 bridgehead atoms. The lowest BCUT2D eigenvalue weighted by atomic mass is 10.1. The second-order valence-corrected chi connectivity index (χ2v) is 7.19. The number of hydrogen-bond donors (Lipinski definition) is 2. The first-order chi connectivity index (χ1) is 11.7. The molecule has 0 unspecified atom stereocenters. The van der Waals surface area contributed by atoms with Gasteiger partial charge in [0.25, 0.3) is 0 Å². The zero-order valence-corrected chi connectivity index (χ0v) is 16.7. The highest BCUT2D eigenvalue weighted by atomic mass is 16.1. The van der Waals surface area contributed by atoms with E-state index in [4.69, 9.17) is 0 Å². The van der Waals surface area contributed by atoms with Crippen molar-refractivity contribution in [1.82, 2.24) is 15.5 Å². The summed E-state index contributed by atoms with van der Waals surface area (Å²) in [5, 5.41) is 6.36. The van der Waals surface area contributed by atoms with Crippen LogP contribution < -0.4 is 10.6 Å². The van der Waals surface area contributed by atoms with Crippen molar-refractivity contribution < 1.29 is 4.79 Å². The molecule has 0 aromatic rings. The van der Waals surface area contributed by atoms with Crippen molar-refractivity contribution in [3.63, 3.8) is 0 Å². The van der Waals surface area contributed by atoms with Gasteiger partial charge in [0.2, 0.25) is 5.91 Å². The first-order valence-electron chi connectivity index (χ1n) is 10.3. The molecule has 1 amide bonds. The minimum Gasteiger partial charge on any atom is -0.356 e. The number of rotatable bonds is 18. The molecule has 4 nitrogen and oxygen atoms in total. The lowest BCUT2D eigenvalue weighted by Gasteiger charge is -2.10. The van der Waals surface area contributed by atoms with Crippen LogP contribution in [0.25, 0.3) is 0 Å². The minimum absolute atomic E-state index is 0.171. The summed E-state index contributed by atoms with van der Waals surface area (Å²) in [5.41, 5.74) is 0. The third-order valence-corrected chi connectivity index (χ3v) is 4.34. The molecule has 0 aliphatic rings. The SMILES string of the molecule is CCCCCCCCCCCCNCCC(=O)NCCCN(C)C. The van der Waals surface area contributed by atoms with E-state index in [1.54, 1.807) is 0 Å².